The first kappa shape index (κ1) is 13.6. The molecule has 2 heterocycles. The summed E-state index contributed by atoms with van der Waals surface area (Å²) in [5.74, 6) is 1.35. The van der Waals surface area contributed by atoms with E-state index in [9.17, 15) is 0 Å². The Kier molecular flexibility index (Phi) is 3.91. The maximum atomic E-state index is 8.99. The first-order valence-corrected chi connectivity index (χ1v) is 6.57. The summed E-state index contributed by atoms with van der Waals surface area (Å²) in [5.41, 5.74) is 1.40. The number of dihydropyridines is 1. The van der Waals surface area contributed by atoms with E-state index in [0.29, 0.717) is 17.6 Å². The van der Waals surface area contributed by atoms with Crippen LogP contribution in [0, 0.1) is 17.2 Å². The molecule has 0 fully saturated rings. The van der Waals surface area contributed by atoms with Gasteiger partial charge in [-0.1, -0.05) is 25.4 Å². The lowest BCUT2D eigenvalue weighted by Gasteiger charge is -2.19. The van der Waals surface area contributed by atoms with Gasteiger partial charge in [-0.15, -0.1) is 0 Å². The topological polar surface area (TPSA) is 76.9 Å². The van der Waals surface area contributed by atoms with Crippen molar-refractivity contribution < 1.29 is 0 Å². The van der Waals surface area contributed by atoms with Gasteiger partial charge >= 0.3 is 0 Å². The number of aromatic amines is 1. The Labute approximate surface area is 117 Å². The molecule has 0 saturated carbocycles. The largest absolute Gasteiger partial charge is 0.324 e. The number of hydrogen-bond acceptors (Lipinski definition) is 4. The van der Waals surface area contributed by atoms with Gasteiger partial charge in [0.05, 0.1) is 6.07 Å². The number of nitrogens with one attached hydrogen (secondary N) is 2. The van der Waals surface area contributed by atoms with E-state index >= 15 is 0 Å². The van der Waals surface area contributed by atoms with Crippen LogP contribution >= 0.6 is 11.6 Å². The van der Waals surface area contributed by atoms with Crippen LogP contribution in [0.4, 0.5) is 5.82 Å². The van der Waals surface area contributed by atoms with Crippen LogP contribution < -0.4 is 5.32 Å². The number of aromatic nitrogens is 2. The molecule has 0 saturated heterocycles. The zero-order valence-corrected chi connectivity index (χ0v) is 11.9. The number of hydrogen-bond donors (Lipinski definition) is 2. The second kappa shape index (κ2) is 5.45. The van der Waals surface area contributed by atoms with Crippen LogP contribution in [0.3, 0.4) is 0 Å². The molecule has 1 aliphatic rings. The van der Waals surface area contributed by atoms with E-state index in [-0.39, 0.29) is 5.92 Å². The fraction of sp³-hybridized carbons (Fsp3) is 0.462. The predicted molar refractivity (Wildman–Crippen MR) is 76.2 cm³/mol. The van der Waals surface area contributed by atoms with Gasteiger partial charge in [-0.25, -0.2) is 4.99 Å². The summed E-state index contributed by atoms with van der Waals surface area (Å²) in [5, 5.41) is 19.2. The SMILES string of the molecule is CC1=CC(Nc2cc(C(C)C)[nH]n2)=N[C@H](Cl)C1C#N. The third kappa shape index (κ3) is 2.96. The van der Waals surface area contributed by atoms with Crippen molar-refractivity contribution in [3.05, 3.63) is 23.4 Å². The summed E-state index contributed by atoms with van der Waals surface area (Å²) in [7, 11) is 0. The van der Waals surface area contributed by atoms with Crippen LogP contribution in [0.5, 0.6) is 0 Å². The smallest absolute Gasteiger partial charge is 0.153 e. The quantitative estimate of drug-likeness (QED) is 0.644. The Morgan fingerprint density at radius 1 is 1.53 bits per heavy atom. The highest BCUT2D eigenvalue weighted by molar-refractivity contribution is 6.22. The van der Waals surface area contributed by atoms with E-state index in [0.717, 1.165) is 11.3 Å². The molecule has 6 heteroatoms. The van der Waals surface area contributed by atoms with E-state index in [2.05, 4.69) is 40.4 Å². The minimum Gasteiger partial charge on any atom is -0.324 e. The van der Waals surface area contributed by atoms with Gasteiger partial charge in [-0.05, 0) is 24.5 Å². The van der Waals surface area contributed by atoms with Crippen molar-refractivity contribution in [3.8, 4) is 6.07 Å². The molecule has 0 radical (unpaired) electrons. The van der Waals surface area contributed by atoms with Crippen molar-refractivity contribution >= 4 is 23.3 Å². The van der Waals surface area contributed by atoms with Crippen molar-refractivity contribution in [2.75, 3.05) is 5.32 Å². The molecule has 1 unspecified atom stereocenters. The molecule has 0 aliphatic carbocycles. The Morgan fingerprint density at radius 3 is 2.79 bits per heavy atom. The van der Waals surface area contributed by atoms with E-state index in [1.807, 2.05) is 19.1 Å². The molecule has 5 nitrogen and oxygen atoms in total. The number of rotatable bonds is 2. The first-order valence-electron chi connectivity index (χ1n) is 6.13. The van der Waals surface area contributed by atoms with Crippen LogP contribution in [-0.2, 0) is 0 Å². The number of aliphatic imine (C=N–C) groups is 1. The van der Waals surface area contributed by atoms with Gasteiger partial charge in [0.1, 0.15) is 17.3 Å². The van der Waals surface area contributed by atoms with Crippen LogP contribution in [0.25, 0.3) is 0 Å². The minimum absolute atomic E-state index is 0.363. The molecule has 1 aromatic rings. The highest BCUT2D eigenvalue weighted by Crippen LogP contribution is 2.25. The van der Waals surface area contributed by atoms with Crippen molar-refractivity contribution in [3.63, 3.8) is 0 Å². The first-order chi connectivity index (χ1) is 9.01. The normalized spacial score (nSPS) is 22.7. The molecule has 2 rings (SSSR count). The predicted octanol–water partition coefficient (Wildman–Crippen LogP) is 3.01. The average Bonchev–Trinajstić information content (AvgIpc) is 2.77. The number of amidine groups is 1. The maximum absolute atomic E-state index is 8.99. The highest BCUT2D eigenvalue weighted by atomic mass is 35.5. The van der Waals surface area contributed by atoms with E-state index in [1.165, 1.54) is 0 Å². The molecular weight excluding hydrogens is 262 g/mol. The molecule has 19 heavy (non-hydrogen) atoms. The maximum Gasteiger partial charge on any atom is 0.153 e. The van der Waals surface area contributed by atoms with Crippen molar-refractivity contribution in [2.45, 2.75) is 32.2 Å². The van der Waals surface area contributed by atoms with Crippen LogP contribution in [0.1, 0.15) is 32.4 Å². The zero-order chi connectivity index (χ0) is 14.0. The monoisotopic (exact) mass is 277 g/mol. The second-order valence-corrected chi connectivity index (χ2v) is 5.32. The van der Waals surface area contributed by atoms with Gasteiger partial charge in [-0.2, -0.15) is 10.4 Å². The number of halogens is 1. The zero-order valence-electron chi connectivity index (χ0n) is 11.1. The van der Waals surface area contributed by atoms with Gasteiger partial charge in [0.15, 0.2) is 5.82 Å². The molecular formula is C13H16ClN5. The molecule has 0 aromatic carbocycles. The van der Waals surface area contributed by atoms with Crippen LogP contribution in [0.2, 0.25) is 0 Å². The van der Waals surface area contributed by atoms with Gasteiger partial charge in [0.25, 0.3) is 0 Å². The molecule has 1 aromatic heterocycles. The van der Waals surface area contributed by atoms with E-state index in [4.69, 9.17) is 16.9 Å². The third-order valence-corrected chi connectivity index (χ3v) is 3.36. The summed E-state index contributed by atoms with van der Waals surface area (Å²) in [6, 6.07) is 4.09. The molecule has 2 N–H and O–H groups in total. The Balaban J connectivity index is 2.14. The van der Waals surface area contributed by atoms with Gasteiger partial charge < -0.3 is 5.32 Å². The van der Waals surface area contributed by atoms with Crippen molar-refractivity contribution in [1.82, 2.24) is 10.2 Å². The van der Waals surface area contributed by atoms with Crippen LogP contribution in [0.15, 0.2) is 22.7 Å². The van der Waals surface area contributed by atoms with Gasteiger partial charge in [0.2, 0.25) is 0 Å². The molecule has 1 aliphatic heterocycles. The number of nitriles is 1. The number of nitrogens with zero attached hydrogens (tertiary/aromatic N) is 3. The summed E-state index contributed by atoms with van der Waals surface area (Å²) in [4.78, 5) is 4.25. The lowest BCUT2D eigenvalue weighted by molar-refractivity contribution is 0.717. The molecule has 0 bridgehead atoms. The fourth-order valence-corrected chi connectivity index (χ4v) is 2.19. The molecule has 100 valence electrons. The second-order valence-electron chi connectivity index (χ2n) is 4.87. The molecule has 0 amide bonds. The summed E-state index contributed by atoms with van der Waals surface area (Å²) < 4.78 is 0. The summed E-state index contributed by atoms with van der Waals surface area (Å²) in [6.07, 6.45) is 1.83. The lowest BCUT2D eigenvalue weighted by atomic mass is 9.99. The number of H-pyrrole nitrogens is 1. The van der Waals surface area contributed by atoms with E-state index < -0.39 is 5.50 Å². The van der Waals surface area contributed by atoms with Crippen LogP contribution in [-0.4, -0.2) is 21.5 Å². The highest BCUT2D eigenvalue weighted by Gasteiger charge is 2.24. The van der Waals surface area contributed by atoms with E-state index in [1.54, 1.807) is 0 Å². The Bertz CT molecular complexity index is 564. The Morgan fingerprint density at radius 2 is 2.26 bits per heavy atom. The Hall–Kier alpha value is -1.80. The van der Waals surface area contributed by atoms with Gasteiger partial charge in [0, 0.05) is 11.8 Å². The minimum atomic E-state index is -0.555. The lowest BCUT2D eigenvalue weighted by Crippen LogP contribution is -2.23. The van der Waals surface area contributed by atoms with Gasteiger partial charge in [-0.3, -0.25) is 5.10 Å². The fourth-order valence-electron chi connectivity index (χ4n) is 1.83. The van der Waals surface area contributed by atoms with Crippen molar-refractivity contribution in [2.24, 2.45) is 10.9 Å². The summed E-state index contributed by atoms with van der Waals surface area (Å²) >= 11 is 6.08. The molecule has 2 atom stereocenters. The molecule has 0 spiro atoms. The number of anilines is 1. The average molecular weight is 278 g/mol. The third-order valence-electron chi connectivity index (χ3n) is 3.01. The van der Waals surface area contributed by atoms with Crippen molar-refractivity contribution in [1.29, 1.82) is 5.26 Å². The standard InChI is InChI=1S/C13H16ClN5/c1-7(2)10-5-12(19-18-10)16-11-4-8(3)9(6-15)13(14)17-11/h4-5,7,9,13H,1-3H3,(H2,16,17,18,19)/t9?,13-/m0/s1. The summed E-state index contributed by atoms with van der Waals surface area (Å²) in [6.45, 7) is 6.06. The number of alkyl halides is 1.